The molecule has 138 valence electrons. The molecule has 0 aromatic heterocycles. The molecule has 1 aliphatic rings. The summed E-state index contributed by atoms with van der Waals surface area (Å²) in [6.45, 7) is 0. The van der Waals surface area contributed by atoms with Crippen molar-refractivity contribution in [2.75, 3.05) is 0 Å². The predicted molar refractivity (Wildman–Crippen MR) is 105 cm³/mol. The third-order valence-electron chi connectivity index (χ3n) is 4.10. The lowest BCUT2D eigenvalue weighted by molar-refractivity contribution is 0.0734. The number of rotatable bonds is 3. The van der Waals surface area contributed by atoms with Crippen LogP contribution in [-0.2, 0) is 0 Å². The minimum atomic E-state index is -0.701. The molecule has 0 N–H and O–H groups in total. The number of esters is 1. The third kappa shape index (κ3) is 3.59. The number of hydrogen-bond donors (Lipinski definition) is 0. The van der Waals surface area contributed by atoms with Gasteiger partial charge in [0.1, 0.15) is 17.3 Å². The number of carbonyl (C=O) groups is 2. The summed E-state index contributed by atoms with van der Waals surface area (Å²) in [6.07, 6.45) is 1.64. The maximum Gasteiger partial charge on any atom is 0.343 e. The Balaban J connectivity index is 1.57. The molecule has 4 nitrogen and oxygen atoms in total. The van der Waals surface area contributed by atoms with Gasteiger partial charge in [0.25, 0.3) is 0 Å². The molecule has 3 aromatic rings. The normalized spacial score (nSPS) is 13.9. The van der Waals surface area contributed by atoms with Crippen LogP contribution in [0.4, 0.5) is 4.39 Å². The Morgan fingerprint density at radius 1 is 1.04 bits per heavy atom. The zero-order valence-electron chi connectivity index (χ0n) is 14.3. The van der Waals surface area contributed by atoms with E-state index in [1.54, 1.807) is 6.08 Å². The first-order chi connectivity index (χ1) is 13.5. The molecule has 0 aliphatic carbocycles. The Hall–Kier alpha value is -3.25. The lowest BCUT2D eigenvalue weighted by Gasteiger charge is -2.06. The van der Waals surface area contributed by atoms with Gasteiger partial charge in [-0.3, -0.25) is 4.79 Å². The zero-order valence-corrected chi connectivity index (χ0v) is 15.9. The Morgan fingerprint density at radius 2 is 1.86 bits per heavy atom. The second-order valence-corrected chi connectivity index (χ2v) is 6.87. The van der Waals surface area contributed by atoms with Crippen molar-refractivity contribution in [3.8, 4) is 11.5 Å². The minimum Gasteiger partial charge on any atom is -0.452 e. The SMILES string of the molecule is O=C(Oc1ccc2c(c1)O/C(=C\c1ccccc1Br)C2=O)c1cccc(F)c1. The fourth-order valence-electron chi connectivity index (χ4n) is 2.75. The molecule has 0 amide bonds. The van der Waals surface area contributed by atoms with Crippen molar-refractivity contribution in [2.45, 2.75) is 0 Å². The molecule has 0 spiro atoms. The van der Waals surface area contributed by atoms with Crippen molar-refractivity contribution in [1.29, 1.82) is 0 Å². The van der Waals surface area contributed by atoms with Crippen LogP contribution in [0.1, 0.15) is 26.3 Å². The average Bonchev–Trinajstić information content (AvgIpc) is 2.98. The Morgan fingerprint density at radius 3 is 2.64 bits per heavy atom. The first kappa shape index (κ1) is 18.1. The zero-order chi connectivity index (χ0) is 19.7. The summed E-state index contributed by atoms with van der Waals surface area (Å²) in [6, 6.07) is 17.2. The summed E-state index contributed by atoms with van der Waals surface area (Å²) in [4.78, 5) is 24.7. The summed E-state index contributed by atoms with van der Waals surface area (Å²) in [5.41, 5.74) is 1.27. The number of ether oxygens (including phenoxy) is 2. The smallest absolute Gasteiger partial charge is 0.343 e. The molecule has 0 unspecified atom stereocenters. The van der Waals surface area contributed by atoms with Gasteiger partial charge in [-0.1, -0.05) is 40.2 Å². The van der Waals surface area contributed by atoms with E-state index in [9.17, 15) is 14.0 Å². The minimum absolute atomic E-state index is 0.0898. The van der Waals surface area contributed by atoms with Crippen LogP contribution in [0.2, 0.25) is 0 Å². The summed E-state index contributed by atoms with van der Waals surface area (Å²) in [5, 5.41) is 0. The molecule has 0 fully saturated rings. The number of carbonyl (C=O) groups excluding carboxylic acids is 2. The maximum atomic E-state index is 13.3. The maximum absolute atomic E-state index is 13.3. The lowest BCUT2D eigenvalue weighted by Crippen LogP contribution is -2.08. The van der Waals surface area contributed by atoms with E-state index in [0.29, 0.717) is 11.3 Å². The van der Waals surface area contributed by atoms with Crippen LogP contribution in [0.15, 0.2) is 77.0 Å². The first-order valence-electron chi connectivity index (χ1n) is 8.32. The molecule has 0 bridgehead atoms. The van der Waals surface area contributed by atoms with Gasteiger partial charge in [0.2, 0.25) is 5.78 Å². The van der Waals surface area contributed by atoms with Crippen LogP contribution in [-0.4, -0.2) is 11.8 Å². The predicted octanol–water partition coefficient (Wildman–Crippen LogP) is 5.42. The molecule has 6 heteroatoms. The van der Waals surface area contributed by atoms with Gasteiger partial charge in [-0.05, 0) is 48.0 Å². The van der Waals surface area contributed by atoms with Gasteiger partial charge in [-0.2, -0.15) is 0 Å². The van der Waals surface area contributed by atoms with E-state index in [-0.39, 0.29) is 22.9 Å². The van der Waals surface area contributed by atoms with E-state index in [0.717, 1.165) is 16.1 Å². The van der Waals surface area contributed by atoms with Gasteiger partial charge in [-0.15, -0.1) is 0 Å². The summed E-state index contributed by atoms with van der Waals surface area (Å²) in [5.74, 6) is -0.813. The molecule has 1 heterocycles. The van der Waals surface area contributed by atoms with Gasteiger partial charge >= 0.3 is 5.97 Å². The molecule has 1 aliphatic heterocycles. The van der Waals surface area contributed by atoms with Crippen molar-refractivity contribution in [1.82, 2.24) is 0 Å². The average molecular weight is 439 g/mol. The molecule has 28 heavy (non-hydrogen) atoms. The highest BCUT2D eigenvalue weighted by molar-refractivity contribution is 9.10. The van der Waals surface area contributed by atoms with E-state index in [2.05, 4.69) is 15.9 Å². The topological polar surface area (TPSA) is 52.6 Å². The number of allylic oxidation sites excluding steroid dienone is 1. The number of ketones is 1. The lowest BCUT2D eigenvalue weighted by atomic mass is 10.1. The van der Waals surface area contributed by atoms with Crippen molar-refractivity contribution < 1.29 is 23.5 Å². The molecule has 0 saturated heterocycles. The van der Waals surface area contributed by atoms with Crippen LogP contribution in [0.5, 0.6) is 11.5 Å². The highest BCUT2D eigenvalue weighted by Gasteiger charge is 2.28. The van der Waals surface area contributed by atoms with Gasteiger partial charge in [0.05, 0.1) is 11.1 Å². The Labute approximate surface area is 168 Å². The second kappa shape index (κ2) is 7.40. The van der Waals surface area contributed by atoms with Crippen LogP contribution in [0.25, 0.3) is 6.08 Å². The van der Waals surface area contributed by atoms with Crippen molar-refractivity contribution in [3.05, 3.63) is 99.5 Å². The van der Waals surface area contributed by atoms with Gasteiger partial charge in [0.15, 0.2) is 5.76 Å². The van der Waals surface area contributed by atoms with Gasteiger partial charge in [-0.25, -0.2) is 9.18 Å². The second-order valence-electron chi connectivity index (χ2n) is 6.02. The molecule has 0 saturated carbocycles. The Bertz CT molecular complexity index is 1140. The number of fused-ring (bicyclic) bond motifs is 1. The summed E-state index contributed by atoms with van der Waals surface area (Å²) >= 11 is 3.43. The van der Waals surface area contributed by atoms with E-state index in [1.807, 2.05) is 24.3 Å². The van der Waals surface area contributed by atoms with E-state index >= 15 is 0 Å². The van der Waals surface area contributed by atoms with Crippen LogP contribution < -0.4 is 9.47 Å². The fraction of sp³-hybridized carbons (Fsp3) is 0. The molecule has 0 atom stereocenters. The molecular weight excluding hydrogens is 427 g/mol. The molecule has 0 radical (unpaired) electrons. The standard InChI is InChI=1S/C22H12BrFO4/c23-18-7-2-1-4-13(18)11-20-21(25)17-9-8-16(12-19(17)28-20)27-22(26)14-5-3-6-15(24)10-14/h1-12H/b20-11-. The molecule has 3 aromatic carbocycles. The third-order valence-corrected chi connectivity index (χ3v) is 4.83. The van der Waals surface area contributed by atoms with Gasteiger partial charge < -0.3 is 9.47 Å². The largest absolute Gasteiger partial charge is 0.452 e. The van der Waals surface area contributed by atoms with E-state index < -0.39 is 11.8 Å². The number of benzene rings is 3. The van der Waals surface area contributed by atoms with Crippen molar-refractivity contribution >= 4 is 33.8 Å². The summed E-state index contributed by atoms with van der Waals surface area (Å²) in [7, 11) is 0. The van der Waals surface area contributed by atoms with Gasteiger partial charge in [0, 0.05) is 10.5 Å². The number of Topliss-reactive ketones (excluding diaryl/α,β-unsaturated/α-hetero) is 1. The number of halogens is 2. The highest BCUT2D eigenvalue weighted by atomic mass is 79.9. The van der Waals surface area contributed by atoms with E-state index in [4.69, 9.17) is 9.47 Å². The Kier molecular flexibility index (Phi) is 4.79. The summed E-state index contributed by atoms with van der Waals surface area (Å²) < 4.78 is 25.0. The highest BCUT2D eigenvalue weighted by Crippen LogP contribution is 2.35. The van der Waals surface area contributed by atoms with Crippen LogP contribution in [0.3, 0.4) is 0 Å². The number of hydrogen-bond acceptors (Lipinski definition) is 4. The molecule has 4 rings (SSSR count). The van der Waals surface area contributed by atoms with Crippen LogP contribution >= 0.6 is 15.9 Å². The fourth-order valence-corrected chi connectivity index (χ4v) is 3.14. The van der Waals surface area contributed by atoms with Crippen molar-refractivity contribution in [2.24, 2.45) is 0 Å². The van der Waals surface area contributed by atoms with Crippen molar-refractivity contribution in [3.63, 3.8) is 0 Å². The first-order valence-corrected chi connectivity index (χ1v) is 9.11. The monoisotopic (exact) mass is 438 g/mol. The van der Waals surface area contributed by atoms with E-state index in [1.165, 1.54) is 36.4 Å². The van der Waals surface area contributed by atoms with Crippen LogP contribution in [0, 0.1) is 5.82 Å². The quantitative estimate of drug-likeness (QED) is 0.311. The molecular formula is C22H12BrFO4.